The van der Waals surface area contributed by atoms with E-state index in [1.165, 1.54) is 0 Å². The SMILES string of the molecule is C=C1PC(NC(C)c2cccc(NC(=O)c3ccc(CN4CC5(C4)CC5(F)F)c(C)c3)c2)C=N/C1=C/N(C)CC. The van der Waals surface area contributed by atoms with Crippen molar-refractivity contribution in [3.8, 4) is 0 Å². The van der Waals surface area contributed by atoms with Gasteiger partial charge in [0.1, 0.15) is 0 Å². The summed E-state index contributed by atoms with van der Waals surface area (Å²) in [5.74, 6) is -2.56. The summed E-state index contributed by atoms with van der Waals surface area (Å²) in [5.41, 5.74) is 4.57. The first-order valence-corrected chi connectivity index (χ1v) is 14.9. The molecule has 2 heterocycles. The fraction of sp³-hybridized carbons (Fsp3) is 0.419. The average Bonchev–Trinajstić information content (AvgIpc) is 3.48. The lowest BCUT2D eigenvalue weighted by atomic mass is 9.94. The first-order valence-electron chi connectivity index (χ1n) is 13.8. The maximum absolute atomic E-state index is 13.5. The number of benzene rings is 2. The van der Waals surface area contributed by atoms with E-state index in [0.717, 1.165) is 39.9 Å². The smallest absolute Gasteiger partial charge is 0.257 e. The van der Waals surface area contributed by atoms with Crippen LogP contribution in [-0.2, 0) is 6.54 Å². The number of amides is 1. The summed E-state index contributed by atoms with van der Waals surface area (Å²) in [5, 5.41) is 7.68. The van der Waals surface area contributed by atoms with Crippen molar-refractivity contribution in [2.45, 2.75) is 51.5 Å². The van der Waals surface area contributed by atoms with Gasteiger partial charge < -0.3 is 10.2 Å². The lowest BCUT2D eigenvalue weighted by Crippen LogP contribution is -2.50. The number of aryl methyl sites for hydroxylation is 1. The predicted molar refractivity (Wildman–Crippen MR) is 161 cm³/mol. The molecule has 2 N–H and O–H groups in total. The Morgan fingerprint density at radius 1 is 1.30 bits per heavy atom. The van der Waals surface area contributed by atoms with Crippen molar-refractivity contribution in [3.63, 3.8) is 0 Å². The fourth-order valence-electron chi connectivity index (χ4n) is 5.38. The molecule has 3 unspecified atom stereocenters. The van der Waals surface area contributed by atoms with Gasteiger partial charge in [0, 0.05) is 69.4 Å². The molecule has 5 rings (SSSR count). The number of carbonyl (C=O) groups excluding carboxylic acids is 1. The Bertz CT molecular complexity index is 1370. The van der Waals surface area contributed by atoms with Crippen LogP contribution in [-0.4, -0.2) is 60.3 Å². The summed E-state index contributed by atoms with van der Waals surface area (Å²) in [6.45, 7) is 12.8. The summed E-state index contributed by atoms with van der Waals surface area (Å²) in [4.78, 5) is 21.8. The van der Waals surface area contributed by atoms with Gasteiger partial charge in [-0.15, -0.1) is 0 Å². The first kappa shape index (κ1) is 28.6. The summed E-state index contributed by atoms with van der Waals surface area (Å²) < 4.78 is 27.0. The highest BCUT2D eigenvalue weighted by Crippen LogP contribution is 2.65. The van der Waals surface area contributed by atoms with E-state index in [2.05, 4.69) is 45.9 Å². The molecule has 2 aliphatic heterocycles. The van der Waals surface area contributed by atoms with Crippen LogP contribution in [0.4, 0.5) is 14.5 Å². The zero-order chi connectivity index (χ0) is 28.7. The zero-order valence-electron chi connectivity index (χ0n) is 23.6. The second kappa shape index (κ2) is 11.2. The Balaban J connectivity index is 1.16. The highest BCUT2D eigenvalue weighted by Gasteiger charge is 2.75. The van der Waals surface area contributed by atoms with Crippen molar-refractivity contribution in [2.75, 3.05) is 32.0 Å². The van der Waals surface area contributed by atoms with Crippen LogP contribution in [0.5, 0.6) is 0 Å². The number of carbonyl (C=O) groups is 1. The third kappa shape index (κ3) is 6.04. The lowest BCUT2D eigenvalue weighted by Gasteiger charge is -2.40. The molecule has 2 aromatic rings. The number of allylic oxidation sites excluding steroid dienone is 1. The largest absolute Gasteiger partial charge is 0.379 e. The summed E-state index contributed by atoms with van der Waals surface area (Å²) in [6.07, 6.45) is 4.01. The van der Waals surface area contributed by atoms with Crippen LogP contribution < -0.4 is 10.6 Å². The van der Waals surface area contributed by atoms with E-state index in [1.807, 2.05) is 68.9 Å². The van der Waals surface area contributed by atoms with Crippen molar-refractivity contribution in [1.82, 2.24) is 15.1 Å². The molecule has 1 amide bonds. The molecule has 0 bridgehead atoms. The van der Waals surface area contributed by atoms with E-state index in [1.54, 1.807) is 0 Å². The maximum Gasteiger partial charge on any atom is 0.257 e. The molecule has 0 aromatic heterocycles. The topological polar surface area (TPSA) is 60.0 Å². The van der Waals surface area contributed by atoms with E-state index in [0.29, 0.717) is 33.8 Å². The molecular formula is C31H38F2N5OP. The number of hydrogen-bond acceptors (Lipinski definition) is 5. The number of hydrogen-bond donors (Lipinski definition) is 2. The Kier molecular flexibility index (Phi) is 7.97. The Morgan fingerprint density at radius 2 is 2.05 bits per heavy atom. The zero-order valence-corrected chi connectivity index (χ0v) is 24.6. The molecule has 1 saturated heterocycles. The van der Waals surface area contributed by atoms with E-state index in [-0.39, 0.29) is 24.2 Å². The van der Waals surface area contributed by atoms with Gasteiger partial charge in [-0.3, -0.25) is 20.0 Å². The Hall–Kier alpha value is -2.93. The monoisotopic (exact) mass is 565 g/mol. The van der Waals surface area contributed by atoms with Crippen molar-refractivity contribution >= 4 is 26.4 Å². The minimum absolute atomic E-state index is 0.0190. The number of nitrogens with one attached hydrogen (secondary N) is 2. The molecule has 6 nitrogen and oxygen atoms in total. The number of nitrogens with zero attached hydrogens (tertiary/aromatic N) is 3. The van der Waals surface area contributed by atoms with Crippen LogP contribution in [0.3, 0.4) is 0 Å². The van der Waals surface area contributed by atoms with Crippen LogP contribution in [0.1, 0.15) is 53.4 Å². The summed E-state index contributed by atoms with van der Waals surface area (Å²) in [7, 11) is 2.53. The standard InChI is InChI=1S/C31H38F2N5OP/c1-6-37(5)16-27-22(4)40-28(14-34-27)35-21(3)23-8-7-9-26(13-23)36-29(39)24-10-11-25(20(2)12-24)15-38-18-30(19-38)17-31(30,32)33/h7-14,16,21,28,35,40H,4,6,15,17-19H2,1-3,5H3,(H,36,39)/b27-16+. The van der Waals surface area contributed by atoms with Crippen molar-refractivity contribution in [2.24, 2.45) is 10.4 Å². The van der Waals surface area contributed by atoms with Gasteiger partial charge in [0.2, 0.25) is 0 Å². The third-order valence-electron chi connectivity index (χ3n) is 8.18. The summed E-state index contributed by atoms with van der Waals surface area (Å²) >= 11 is 0. The van der Waals surface area contributed by atoms with Crippen LogP contribution in [0, 0.1) is 12.3 Å². The van der Waals surface area contributed by atoms with E-state index in [9.17, 15) is 13.6 Å². The van der Waals surface area contributed by atoms with Crippen LogP contribution in [0.15, 0.2) is 71.2 Å². The number of likely N-dealkylation sites (tertiary alicyclic amines) is 1. The number of rotatable bonds is 9. The molecule has 3 atom stereocenters. The number of aliphatic imine (C=N–C) groups is 1. The highest BCUT2D eigenvalue weighted by molar-refractivity contribution is 7.45. The number of alkyl halides is 2. The van der Waals surface area contributed by atoms with Gasteiger partial charge in [-0.2, -0.15) is 0 Å². The van der Waals surface area contributed by atoms with E-state index >= 15 is 0 Å². The second-order valence-electron chi connectivity index (χ2n) is 11.4. The number of anilines is 1. The van der Waals surface area contributed by atoms with Crippen molar-refractivity contribution in [3.05, 3.63) is 88.5 Å². The van der Waals surface area contributed by atoms with Gasteiger partial charge >= 0.3 is 0 Å². The van der Waals surface area contributed by atoms with Gasteiger partial charge in [0.05, 0.1) is 16.9 Å². The van der Waals surface area contributed by atoms with E-state index < -0.39 is 11.3 Å². The van der Waals surface area contributed by atoms with Crippen molar-refractivity contribution < 1.29 is 13.6 Å². The van der Waals surface area contributed by atoms with E-state index in [4.69, 9.17) is 0 Å². The minimum atomic E-state index is -2.49. The molecule has 212 valence electrons. The molecule has 2 aromatic carbocycles. The number of halogens is 2. The normalized spacial score (nSPS) is 23.3. The second-order valence-corrected chi connectivity index (χ2v) is 12.9. The molecule has 1 saturated carbocycles. The predicted octanol–water partition coefficient (Wildman–Crippen LogP) is 6.13. The van der Waals surface area contributed by atoms with Crippen LogP contribution >= 0.6 is 8.58 Å². The van der Waals surface area contributed by atoms with Crippen LogP contribution in [0.25, 0.3) is 0 Å². The Morgan fingerprint density at radius 3 is 2.70 bits per heavy atom. The molecule has 9 heteroatoms. The highest BCUT2D eigenvalue weighted by atomic mass is 31.1. The van der Waals surface area contributed by atoms with Crippen molar-refractivity contribution in [1.29, 1.82) is 0 Å². The average molecular weight is 566 g/mol. The van der Waals surface area contributed by atoms with Gasteiger partial charge in [-0.05, 0) is 67.0 Å². The Labute approximate surface area is 237 Å². The first-order chi connectivity index (χ1) is 19.0. The van der Waals surface area contributed by atoms with Gasteiger partial charge in [-0.1, -0.05) is 33.4 Å². The molecular weight excluding hydrogens is 527 g/mol. The summed E-state index contributed by atoms with van der Waals surface area (Å²) in [6, 6.07) is 13.5. The van der Waals surface area contributed by atoms with Crippen LogP contribution in [0.2, 0.25) is 0 Å². The minimum Gasteiger partial charge on any atom is -0.379 e. The fourth-order valence-corrected chi connectivity index (χ4v) is 6.52. The molecule has 1 spiro atoms. The molecule has 3 aliphatic rings. The quantitative estimate of drug-likeness (QED) is 0.359. The third-order valence-corrected chi connectivity index (χ3v) is 9.41. The molecule has 40 heavy (non-hydrogen) atoms. The lowest BCUT2D eigenvalue weighted by molar-refractivity contribution is -0.0279. The van der Waals surface area contributed by atoms with Gasteiger partial charge in [-0.25, -0.2) is 8.78 Å². The maximum atomic E-state index is 13.5. The molecule has 2 fully saturated rings. The van der Waals surface area contributed by atoms with Gasteiger partial charge in [0.15, 0.2) is 0 Å². The van der Waals surface area contributed by atoms with Gasteiger partial charge in [0.25, 0.3) is 11.8 Å². The molecule has 0 radical (unpaired) electrons. The molecule has 1 aliphatic carbocycles.